The fourth-order valence-electron chi connectivity index (χ4n) is 3.78. The maximum absolute atomic E-state index is 13.2. The minimum Gasteiger partial charge on any atom is -0.494 e. The van der Waals surface area contributed by atoms with Crippen molar-refractivity contribution < 1.29 is 23.3 Å². The third-order valence-electron chi connectivity index (χ3n) is 5.55. The molecule has 0 aromatic heterocycles. The van der Waals surface area contributed by atoms with Gasteiger partial charge in [0.1, 0.15) is 24.2 Å². The third-order valence-corrected chi connectivity index (χ3v) is 6.53. The summed E-state index contributed by atoms with van der Waals surface area (Å²) in [7, 11) is 0. The Morgan fingerprint density at radius 2 is 1.89 bits per heavy atom. The highest BCUT2D eigenvalue weighted by Crippen LogP contribution is 2.35. The van der Waals surface area contributed by atoms with Gasteiger partial charge in [-0.1, -0.05) is 53.5 Å². The van der Waals surface area contributed by atoms with Gasteiger partial charge in [0.2, 0.25) is 17.9 Å². The molecule has 0 atom stereocenters. The van der Waals surface area contributed by atoms with Crippen LogP contribution in [0, 0.1) is 0 Å². The normalized spacial score (nSPS) is 13.1. The molecule has 0 bridgehead atoms. The van der Waals surface area contributed by atoms with Crippen molar-refractivity contribution in [3.05, 3.63) is 87.4 Å². The largest absolute Gasteiger partial charge is 0.494 e. The summed E-state index contributed by atoms with van der Waals surface area (Å²) in [6.45, 7) is 0.471. The number of ether oxygens (including phenoxy) is 1. The number of amides is 1. The van der Waals surface area contributed by atoms with E-state index in [0.29, 0.717) is 43.5 Å². The highest BCUT2D eigenvalue weighted by atomic mass is 35.5. The number of unbranched alkanes of at least 4 members (excludes halogenated alkanes) is 1. The zero-order valence-electron chi connectivity index (χ0n) is 18.7. The summed E-state index contributed by atoms with van der Waals surface area (Å²) in [5, 5.41) is 3.28. The lowest BCUT2D eigenvalue weighted by atomic mass is 10.0. The first-order chi connectivity index (χ1) is 17.0. The van der Waals surface area contributed by atoms with Crippen molar-refractivity contribution in [3.63, 3.8) is 0 Å². The van der Waals surface area contributed by atoms with Crippen LogP contribution in [0.25, 0.3) is 0 Å². The zero-order valence-corrected chi connectivity index (χ0v) is 21.1. The summed E-state index contributed by atoms with van der Waals surface area (Å²) in [4.78, 5) is 24.7. The van der Waals surface area contributed by atoms with Gasteiger partial charge in [0.05, 0.1) is 16.7 Å². The molecule has 1 amide bonds. The topological polar surface area (TPSA) is 67.6 Å². The first-order valence-electron chi connectivity index (χ1n) is 11.1. The van der Waals surface area contributed by atoms with Gasteiger partial charge >= 0.3 is 0 Å². The molecule has 1 N–H and O–H groups in total. The molecule has 0 saturated carbocycles. The van der Waals surface area contributed by atoms with E-state index in [9.17, 15) is 9.59 Å². The van der Waals surface area contributed by atoms with E-state index < -0.39 is 0 Å². The van der Waals surface area contributed by atoms with Crippen LogP contribution in [0.1, 0.15) is 40.7 Å². The van der Waals surface area contributed by atoms with Crippen LogP contribution in [0.2, 0.25) is 10.0 Å². The number of hydrogen-bond donors (Lipinski definition) is 2. The highest BCUT2D eigenvalue weighted by Gasteiger charge is 2.28. The summed E-state index contributed by atoms with van der Waals surface area (Å²) < 4.78 is 12.5. The molecule has 0 radical (unpaired) electrons. The Morgan fingerprint density at radius 1 is 1.09 bits per heavy atom. The molecule has 0 aliphatic carbocycles. The van der Waals surface area contributed by atoms with Crippen LogP contribution < -0.4 is 10.1 Å². The maximum Gasteiger partial charge on any atom is 0.271 e. The molecule has 0 spiro atoms. The van der Waals surface area contributed by atoms with E-state index in [1.165, 1.54) is 4.74 Å². The van der Waals surface area contributed by atoms with E-state index in [1.807, 2.05) is 24.3 Å². The van der Waals surface area contributed by atoms with Crippen molar-refractivity contribution in [2.24, 2.45) is 0 Å². The van der Waals surface area contributed by atoms with E-state index in [4.69, 9.17) is 32.2 Å². The molecule has 0 saturated heterocycles. The fraction of sp³-hybridized carbons (Fsp3) is 0.192. The van der Waals surface area contributed by atoms with Crippen molar-refractivity contribution in [1.82, 2.24) is 0 Å². The number of carbonyl (C=O) groups is 2. The smallest absolute Gasteiger partial charge is 0.271 e. The van der Waals surface area contributed by atoms with Gasteiger partial charge in [-0.05, 0) is 42.7 Å². The number of halogens is 2. The van der Waals surface area contributed by atoms with E-state index in [2.05, 4.69) is 18.2 Å². The minimum absolute atomic E-state index is 0.0354. The second kappa shape index (κ2) is 11.6. The van der Waals surface area contributed by atoms with Gasteiger partial charge in [-0.25, -0.2) is 0 Å². The highest BCUT2D eigenvalue weighted by molar-refractivity contribution is 7.74. The number of nitrogens with one attached hydrogen (secondary N) is 1. The molecule has 6 nitrogen and oxygen atoms in total. The molecule has 3 aromatic carbocycles. The summed E-state index contributed by atoms with van der Waals surface area (Å²) in [6.07, 6.45) is 4.22. The van der Waals surface area contributed by atoms with Crippen molar-refractivity contribution in [2.45, 2.75) is 25.7 Å². The van der Waals surface area contributed by atoms with Crippen LogP contribution in [0.15, 0.2) is 60.7 Å². The Balaban J connectivity index is 1.44. The van der Waals surface area contributed by atoms with Crippen molar-refractivity contribution >= 4 is 65.4 Å². The van der Waals surface area contributed by atoms with Gasteiger partial charge in [-0.3, -0.25) is 9.59 Å². The number of thiol groups is 1. The molecule has 0 fully saturated rings. The molecule has 1 aliphatic heterocycles. The third kappa shape index (κ3) is 5.99. The average Bonchev–Trinajstić information content (AvgIpc) is 2.88. The number of fused-ring (bicyclic) bond motifs is 1. The summed E-state index contributed by atoms with van der Waals surface area (Å²) in [6, 6.07) is 17.8. The van der Waals surface area contributed by atoms with Crippen LogP contribution >= 0.6 is 36.1 Å². The number of rotatable bonds is 9. The molecule has 180 valence electrons. The van der Waals surface area contributed by atoms with Gasteiger partial charge in [-0.15, -0.1) is 0 Å². The lowest BCUT2D eigenvalue weighted by molar-refractivity contribution is -0.672. The van der Waals surface area contributed by atoms with E-state index >= 15 is 0 Å². The number of hydrogen-bond acceptors (Lipinski definition) is 5. The first kappa shape index (κ1) is 25.1. The molecule has 3 aromatic rings. The Hall–Kier alpha value is -3.00. The Labute approximate surface area is 219 Å². The van der Waals surface area contributed by atoms with E-state index in [-0.39, 0.29) is 27.3 Å². The Kier molecular flexibility index (Phi) is 8.33. The molecule has 1 heterocycles. The minimum atomic E-state index is -0.274. The molecule has 35 heavy (non-hydrogen) atoms. The van der Waals surface area contributed by atoms with Gasteiger partial charge in [-0.2, -0.15) is 4.28 Å². The number of nitrogens with zero attached hydrogens (tertiary/aromatic N) is 1. The fourth-order valence-corrected chi connectivity index (χ4v) is 4.34. The lowest BCUT2D eigenvalue weighted by Gasteiger charge is -2.17. The van der Waals surface area contributed by atoms with Crippen LogP contribution in [-0.4, -0.2) is 29.3 Å². The average molecular weight is 530 g/mol. The van der Waals surface area contributed by atoms with Crippen molar-refractivity contribution in [2.75, 3.05) is 11.9 Å². The molecule has 4 rings (SSSR count). The molecule has 0 unspecified atom stereocenters. The number of aryl methyl sites for hydroxylation is 1. The molecule has 1 aliphatic rings. The maximum atomic E-state index is 13.2. The Morgan fingerprint density at radius 3 is 2.66 bits per heavy atom. The van der Waals surface area contributed by atoms with Crippen LogP contribution in [0.3, 0.4) is 0 Å². The predicted molar refractivity (Wildman–Crippen MR) is 141 cm³/mol. The summed E-state index contributed by atoms with van der Waals surface area (Å²) in [5.74, 6) is 0.513. The molecular weight excluding hydrogens is 507 g/mol. The molecular formula is C26H23Cl2N2O4S+. The Bertz CT molecular complexity index is 1280. The summed E-state index contributed by atoms with van der Waals surface area (Å²) >= 11 is 16.6. The number of benzene rings is 3. The van der Waals surface area contributed by atoms with Crippen LogP contribution in [0.4, 0.5) is 11.4 Å². The van der Waals surface area contributed by atoms with E-state index in [1.54, 1.807) is 42.6 Å². The molecule has 9 heteroatoms. The predicted octanol–water partition coefficient (Wildman–Crippen LogP) is 6.46. The SMILES string of the molecule is O=C1CCc2cc(OCCCC=[N+](OS)c3ccc(Cl)c(Cl)c3C(=O)c3ccccc3)ccc2N1. The number of carbonyl (C=O) groups excluding carboxylic acids is 2. The van der Waals surface area contributed by atoms with Crippen molar-refractivity contribution in [3.8, 4) is 5.75 Å². The quantitative estimate of drug-likeness (QED) is 0.0634. The zero-order chi connectivity index (χ0) is 24.8. The lowest BCUT2D eigenvalue weighted by Crippen LogP contribution is -2.18. The summed E-state index contributed by atoms with van der Waals surface area (Å²) in [5.41, 5.74) is 3.05. The van der Waals surface area contributed by atoms with Gasteiger partial charge in [0, 0.05) is 34.9 Å². The monoisotopic (exact) mass is 529 g/mol. The van der Waals surface area contributed by atoms with E-state index in [0.717, 1.165) is 17.0 Å². The van der Waals surface area contributed by atoms with Crippen LogP contribution in [0.5, 0.6) is 5.75 Å². The number of anilines is 1. The van der Waals surface area contributed by atoms with Gasteiger partial charge in [0.15, 0.2) is 0 Å². The second-order valence-corrected chi connectivity index (χ2v) is 8.85. The second-order valence-electron chi connectivity index (χ2n) is 7.90. The standard InChI is InChI=1S/C26H22Cl2N2O4S/c27-20-10-12-22(24(25(20)28)26(32)17-6-2-1-3-7-17)30(34-35)14-4-5-15-33-19-9-11-21-18(16-19)8-13-23(31)29-21/h1-3,6-7,9-12,14,16H,4-5,8,13,15H2,(H-,29,31,35)/p+1. The number of ketones is 1. The van der Waals surface area contributed by atoms with Gasteiger partial charge < -0.3 is 10.1 Å². The van der Waals surface area contributed by atoms with Gasteiger partial charge in [0.25, 0.3) is 5.69 Å². The van der Waals surface area contributed by atoms with Crippen LogP contribution in [-0.2, 0) is 15.5 Å². The first-order valence-corrected chi connectivity index (χ1v) is 12.2. The van der Waals surface area contributed by atoms with Crippen molar-refractivity contribution in [1.29, 1.82) is 0 Å².